The van der Waals surface area contributed by atoms with Crippen molar-refractivity contribution in [3.8, 4) is 0 Å². The summed E-state index contributed by atoms with van der Waals surface area (Å²) in [6.45, 7) is 12.4. The van der Waals surface area contributed by atoms with Gasteiger partial charge in [-0.25, -0.2) is 0 Å². The van der Waals surface area contributed by atoms with Crippen LogP contribution in [-0.4, -0.2) is 55.0 Å². The Hall–Kier alpha value is -0.610. The number of piperazine rings is 1. The highest BCUT2D eigenvalue weighted by molar-refractivity contribution is 5.76. The minimum Gasteiger partial charge on any atom is -0.340 e. The van der Waals surface area contributed by atoms with E-state index in [4.69, 9.17) is 5.73 Å². The highest BCUT2D eigenvalue weighted by atomic mass is 16.2. The Labute approximate surface area is 124 Å². The van der Waals surface area contributed by atoms with Gasteiger partial charge >= 0.3 is 0 Å². The lowest BCUT2D eigenvalue weighted by Crippen LogP contribution is -2.49. The first kappa shape index (κ1) is 17.4. The second kappa shape index (κ2) is 9.35. The van der Waals surface area contributed by atoms with E-state index >= 15 is 0 Å². The van der Waals surface area contributed by atoms with Crippen molar-refractivity contribution in [1.82, 2.24) is 9.80 Å². The molecule has 1 aliphatic heterocycles. The number of carbonyl (C=O) groups excluding carboxylic acids is 1. The van der Waals surface area contributed by atoms with E-state index in [2.05, 4.69) is 25.7 Å². The van der Waals surface area contributed by atoms with Gasteiger partial charge in [0.25, 0.3) is 0 Å². The van der Waals surface area contributed by atoms with Crippen LogP contribution >= 0.6 is 0 Å². The molecule has 20 heavy (non-hydrogen) atoms. The van der Waals surface area contributed by atoms with Crippen molar-refractivity contribution >= 4 is 5.91 Å². The molecular formula is C16H33N3O. The number of hydrogen-bond donors (Lipinski definition) is 1. The molecule has 0 saturated carbocycles. The molecule has 1 saturated heterocycles. The average molecular weight is 283 g/mol. The van der Waals surface area contributed by atoms with Crippen molar-refractivity contribution < 1.29 is 4.79 Å². The van der Waals surface area contributed by atoms with E-state index in [1.54, 1.807) is 0 Å². The molecule has 2 N–H and O–H groups in total. The molecule has 0 radical (unpaired) electrons. The quantitative estimate of drug-likeness (QED) is 0.740. The molecule has 118 valence electrons. The first-order chi connectivity index (χ1) is 9.56. The molecule has 1 atom stereocenters. The van der Waals surface area contributed by atoms with Gasteiger partial charge in [0.05, 0.1) is 0 Å². The van der Waals surface area contributed by atoms with Gasteiger partial charge in [-0.15, -0.1) is 0 Å². The Balaban J connectivity index is 2.25. The second-order valence-corrected chi connectivity index (χ2v) is 6.47. The molecule has 0 spiro atoms. The third-order valence-electron chi connectivity index (χ3n) is 4.27. The number of nitrogens with two attached hydrogens (primary N) is 1. The molecule has 1 rings (SSSR count). The summed E-state index contributed by atoms with van der Waals surface area (Å²) in [6, 6.07) is 0. The summed E-state index contributed by atoms with van der Waals surface area (Å²) in [5.74, 6) is 1.66. The van der Waals surface area contributed by atoms with Crippen molar-refractivity contribution in [3.63, 3.8) is 0 Å². The van der Waals surface area contributed by atoms with Crippen LogP contribution in [0.2, 0.25) is 0 Å². The van der Waals surface area contributed by atoms with E-state index in [1.165, 1.54) is 0 Å². The number of rotatable bonds is 8. The minimum absolute atomic E-state index is 0.338. The van der Waals surface area contributed by atoms with E-state index < -0.39 is 0 Å². The topological polar surface area (TPSA) is 49.6 Å². The monoisotopic (exact) mass is 283 g/mol. The molecule has 1 unspecified atom stereocenters. The predicted octanol–water partition coefficient (Wildman–Crippen LogP) is 1.94. The van der Waals surface area contributed by atoms with Gasteiger partial charge in [-0.1, -0.05) is 27.2 Å². The zero-order valence-corrected chi connectivity index (χ0v) is 13.6. The van der Waals surface area contributed by atoms with Crippen LogP contribution in [0.1, 0.15) is 46.5 Å². The molecule has 1 heterocycles. The fourth-order valence-electron chi connectivity index (χ4n) is 2.97. The van der Waals surface area contributed by atoms with E-state index in [1.807, 2.05) is 4.90 Å². The van der Waals surface area contributed by atoms with Crippen LogP contribution in [0.25, 0.3) is 0 Å². The Bertz CT molecular complexity index is 273. The Morgan fingerprint density at radius 1 is 1.15 bits per heavy atom. The van der Waals surface area contributed by atoms with Crippen LogP contribution in [0, 0.1) is 11.8 Å². The third-order valence-corrected chi connectivity index (χ3v) is 4.27. The maximum absolute atomic E-state index is 12.2. The lowest BCUT2D eigenvalue weighted by molar-refractivity contribution is -0.133. The van der Waals surface area contributed by atoms with Crippen LogP contribution < -0.4 is 5.73 Å². The summed E-state index contributed by atoms with van der Waals surface area (Å²) < 4.78 is 0. The molecule has 1 fully saturated rings. The fourth-order valence-corrected chi connectivity index (χ4v) is 2.97. The zero-order chi connectivity index (χ0) is 15.0. The maximum atomic E-state index is 12.2. The van der Waals surface area contributed by atoms with Gasteiger partial charge < -0.3 is 10.6 Å². The van der Waals surface area contributed by atoms with Gasteiger partial charge in [0, 0.05) is 39.1 Å². The predicted molar refractivity (Wildman–Crippen MR) is 84.5 cm³/mol. The van der Waals surface area contributed by atoms with E-state index in [0.29, 0.717) is 24.2 Å². The third kappa shape index (κ3) is 6.23. The van der Waals surface area contributed by atoms with Crippen molar-refractivity contribution in [2.45, 2.75) is 46.5 Å². The average Bonchev–Trinajstić information content (AvgIpc) is 2.43. The van der Waals surface area contributed by atoms with Crippen LogP contribution in [-0.2, 0) is 4.79 Å². The fraction of sp³-hybridized carbons (Fsp3) is 0.938. The van der Waals surface area contributed by atoms with Gasteiger partial charge in [0.2, 0.25) is 5.91 Å². The van der Waals surface area contributed by atoms with Crippen LogP contribution in [0.3, 0.4) is 0 Å². The Morgan fingerprint density at radius 3 is 2.30 bits per heavy atom. The maximum Gasteiger partial charge on any atom is 0.222 e. The summed E-state index contributed by atoms with van der Waals surface area (Å²) in [7, 11) is 0. The first-order valence-corrected chi connectivity index (χ1v) is 8.27. The standard InChI is InChI=1S/C16H33N3O/c1-4-15(7-8-17)5-6-16(20)19-11-9-18(10-12-19)13-14(2)3/h14-15H,4-13,17H2,1-3H3. The summed E-state index contributed by atoms with van der Waals surface area (Å²) >= 11 is 0. The molecular weight excluding hydrogens is 250 g/mol. The van der Waals surface area contributed by atoms with Crippen molar-refractivity contribution in [2.75, 3.05) is 39.3 Å². The molecule has 1 aliphatic rings. The van der Waals surface area contributed by atoms with Gasteiger partial charge in [0.15, 0.2) is 0 Å². The summed E-state index contributed by atoms with van der Waals surface area (Å²) in [5.41, 5.74) is 5.61. The molecule has 0 aromatic heterocycles. The number of nitrogens with zero attached hydrogens (tertiary/aromatic N) is 2. The van der Waals surface area contributed by atoms with Crippen LogP contribution in [0.4, 0.5) is 0 Å². The zero-order valence-electron chi connectivity index (χ0n) is 13.6. The molecule has 0 aliphatic carbocycles. The van der Waals surface area contributed by atoms with E-state index in [9.17, 15) is 4.79 Å². The van der Waals surface area contributed by atoms with Crippen molar-refractivity contribution in [3.05, 3.63) is 0 Å². The summed E-state index contributed by atoms with van der Waals surface area (Å²) in [6.07, 6.45) is 3.88. The van der Waals surface area contributed by atoms with E-state index in [0.717, 1.165) is 58.5 Å². The molecule has 1 amide bonds. The SMILES string of the molecule is CCC(CCN)CCC(=O)N1CCN(CC(C)C)CC1. The number of hydrogen-bond acceptors (Lipinski definition) is 3. The molecule has 4 nitrogen and oxygen atoms in total. The first-order valence-electron chi connectivity index (χ1n) is 8.27. The minimum atomic E-state index is 0.338. The van der Waals surface area contributed by atoms with Crippen molar-refractivity contribution in [2.24, 2.45) is 17.6 Å². The van der Waals surface area contributed by atoms with Crippen LogP contribution in [0.5, 0.6) is 0 Å². The smallest absolute Gasteiger partial charge is 0.222 e. The van der Waals surface area contributed by atoms with Crippen LogP contribution in [0.15, 0.2) is 0 Å². The van der Waals surface area contributed by atoms with Gasteiger partial charge in [-0.05, 0) is 31.2 Å². The largest absolute Gasteiger partial charge is 0.340 e. The summed E-state index contributed by atoms with van der Waals surface area (Å²) in [5, 5.41) is 0. The highest BCUT2D eigenvalue weighted by Crippen LogP contribution is 2.16. The molecule has 0 aromatic carbocycles. The molecule has 0 aromatic rings. The molecule has 0 bridgehead atoms. The van der Waals surface area contributed by atoms with Gasteiger partial charge in [-0.3, -0.25) is 9.69 Å². The Kier molecular flexibility index (Phi) is 8.15. The lowest BCUT2D eigenvalue weighted by Gasteiger charge is -2.35. The molecule has 4 heteroatoms. The normalized spacial score (nSPS) is 18.6. The Morgan fingerprint density at radius 2 is 1.80 bits per heavy atom. The highest BCUT2D eigenvalue weighted by Gasteiger charge is 2.21. The van der Waals surface area contributed by atoms with Gasteiger partial charge in [0.1, 0.15) is 0 Å². The van der Waals surface area contributed by atoms with E-state index in [-0.39, 0.29) is 0 Å². The second-order valence-electron chi connectivity index (χ2n) is 6.47. The summed E-state index contributed by atoms with van der Waals surface area (Å²) in [4.78, 5) is 16.7. The van der Waals surface area contributed by atoms with Crippen molar-refractivity contribution in [1.29, 1.82) is 0 Å². The lowest BCUT2D eigenvalue weighted by atomic mass is 9.96. The van der Waals surface area contributed by atoms with Gasteiger partial charge in [-0.2, -0.15) is 0 Å². The number of carbonyl (C=O) groups is 1. The number of amides is 1.